The Morgan fingerprint density at radius 1 is 1.18 bits per heavy atom. The van der Waals surface area contributed by atoms with Crippen LogP contribution in [-0.2, 0) is 20.3 Å². The standard InChI is InChI=1S/C29H34O3S/c1-19-16-22-23-10-11-25(27(32-4)18-33(31)21-8-6-5-7-9-21)28(23,2)15-13-24(22)29(3)14-12-20(30)17-26(19)29/h5-9,12-14,17,19,22-23H,10-11,15-16,18H2,1-4H3/t19?,22-,23-,28-,29+,33?/m0/s1. The summed E-state index contributed by atoms with van der Waals surface area (Å²) in [5, 5.41) is 0. The van der Waals surface area contributed by atoms with Crippen LogP contribution in [0.2, 0.25) is 0 Å². The fraction of sp³-hybridized carbons (Fsp3) is 0.483. The van der Waals surface area contributed by atoms with E-state index < -0.39 is 10.8 Å². The molecule has 0 N–H and O–H groups in total. The highest BCUT2D eigenvalue weighted by Crippen LogP contribution is 2.65. The normalized spacial score (nSPS) is 37.3. The molecule has 0 saturated heterocycles. The zero-order chi connectivity index (χ0) is 23.4. The summed E-state index contributed by atoms with van der Waals surface area (Å²) in [5.74, 6) is 2.93. The number of allylic oxidation sites excluding steroid dienone is 7. The van der Waals surface area contributed by atoms with E-state index in [0.717, 1.165) is 36.3 Å². The van der Waals surface area contributed by atoms with Gasteiger partial charge in [0.05, 0.1) is 23.7 Å². The van der Waals surface area contributed by atoms with E-state index in [9.17, 15) is 9.00 Å². The summed E-state index contributed by atoms with van der Waals surface area (Å²) in [4.78, 5) is 13.0. The zero-order valence-electron chi connectivity index (χ0n) is 20.1. The molecule has 0 spiro atoms. The first-order chi connectivity index (χ1) is 15.8. The average Bonchev–Trinajstić information content (AvgIpc) is 3.16. The van der Waals surface area contributed by atoms with E-state index in [1.807, 2.05) is 36.4 Å². The van der Waals surface area contributed by atoms with Gasteiger partial charge in [-0.1, -0.05) is 49.8 Å². The number of methoxy groups -OCH3 is 1. The molecule has 2 saturated carbocycles. The number of ether oxygens (including phenoxy) is 1. The Bertz CT molecular complexity index is 1120. The van der Waals surface area contributed by atoms with Crippen LogP contribution >= 0.6 is 0 Å². The summed E-state index contributed by atoms with van der Waals surface area (Å²) < 4.78 is 19.0. The quantitative estimate of drug-likeness (QED) is 0.397. The molecule has 0 heterocycles. The predicted molar refractivity (Wildman–Crippen MR) is 133 cm³/mol. The fourth-order valence-corrected chi connectivity index (χ4v) is 8.41. The van der Waals surface area contributed by atoms with Crippen LogP contribution in [0.4, 0.5) is 0 Å². The van der Waals surface area contributed by atoms with E-state index >= 15 is 0 Å². The van der Waals surface area contributed by atoms with Gasteiger partial charge in [-0.25, -0.2) is 0 Å². The largest absolute Gasteiger partial charge is 0.500 e. The molecule has 3 nitrogen and oxygen atoms in total. The summed E-state index contributed by atoms with van der Waals surface area (Å²) in [5.41, 5.74) is 4.05. The van der Waals surface area contributed by atoms with Gasteiger partial charge in [-0.3, -0.25) is 9.00 Å². The Labute approximate surface area is 200 Å². The van der Waals surface area contributed by atoms with Gasteiger partial charge in [0.25, 0.3) is 0 Å². The van der Waals surface area contributed by atoms with Crippen LogP contribution in [0.3, 0.4) is 0 Å². The Hall–Kier alpha value is -2.20. The topological polar surface area (TPSA) is 43.4 Å². The van der Waals surface area contributed by atoms with E-state index in [-0.39, 0.29) is 16.6 Å². The molecule has 1 aromatic rings. The summed E-state index contributed by atoms with van der Waals surface area (Å²) in [7, 11) is 0.616. The minimum atomic E-state index is -1.12. The van der Waals surface area contributed by atoms with Gasteiger partial charge < -0.3 is 4.74 Å². The van der Waals surface area contributed by atoms with Gasteiger partial charge in [-0.15, -0.1) is 0 Å². The predicted octanol–water partition coefficient (Wildman–Crippen LogP) is 6.17. The van der Waals surface area contributed by atoms with Crippen molar-refractivity contribution < 1.29 is 13.7 Å². The van der Waals surface area contributed by atoms with Gasteiger partial charge in [0.2, 0.25) is 0 Å². The van der Waals surface area contributed by atoms with Crippen molar-refractivity contribution >= 4 is 16.6 Å². The second-order valence-corrected chi connectivity index (χ2v) is 12.1. The number of rotatable bonds is 4. The van der Waals surface area contributed by atoms with Gasteiger partial charge in [0, 0.05) is 10.3 Å². The Kier molecular flexibility index (Phi) is 5.63. The molecular weight excluding hydrogens is 428 g/mol. The average molecular weight is 463 g/mol. The third-order valence-electron chi connectivity index (χ3n) is 8.91. The van der Waals surface area contributed by atoms with E-state index in [0.29, 0.717) is 23.5 Å². The maximum atomic E-state index is 13.1. The van der Waals surface area contributed by atoms with Gasteiger partial charge in [0.15, 0.2) is 5.78 Å². The third-order valence-corrected chi connectivity index (χ3v) is 10.2. The van der Waals surface area contributed by atoms with Crippen molar-refractivity contribution in [2.24, 2.45) is 28.6 Å². The second-order valence-electron chi connectivity index (χ2n) is 10.6. The van der Waals surface area contributed by atoms with Crippen LogP contribution in [0.25, 0.3) is 0 Å². The molecule has 0 aliphatic heterocycles. The SMILES string of the molecule is COC(CS(=O)c1ccccc1)=C1CC[C@H]2[C@@H]3CC(C)C4=CC(=O)C=C[C@]4(C)C3=CC[C@]12C. The lowest BCUT2D eigenvalue weighted by molar-refractivity contribution is -0.110. The molecule has 0 amide bonds. The Morgan fingerprint density at radius 2 is 1.94 bits per heavy atom. The van der Waals surface area contributed by atoms with Crippen molar-refractivity contribution in [2.45, 2.75) is 51.3 Å². The zero-order valence-corrected chi connectivity index (χ0v) is 20.9. The first-order valence-electron chi connectivity index (χ1n) is 12.1. The highest BCUT2D eigenvalue weighted by Gasteiger charge is 2.55. The minimum absolute atomic E-state index is 0.0336. The van der Waals surface area contributed by atoms with Crippen LogP contribution in [-0.4, -0.2) is 22.9 Å². The van der Waals surface area contributed by atoms with Crippen molar-refractivity contribution in [2.75, 3.05) is 12.9 Å². The number of benzene rings is 1. The molecule has 6 atom stereocenters. The van der Waals surface area contributed by atoms with Crippen LogP contribution < -0.4 is 0 Å². The van der Waals surface area contributed by atoms with Gasteiger partial charge in [-0.2, -0.15) is 0 Å². The van der Waals surface area contributed by atoms with Gasteiger partial charge in [-0.05, 0) is 91.2 Å². The van der Waals surface area contributed by atoms with Crippen molar-refractivity contribution in [1.29, 1.82) is 0 Å². The van der Waals surface area contributed by atoms with E-state index in [2.05, 4.69) is 32.9 Å². The second kappa shape index (κ2) is 8.23. The van der Waals surface area contributed by atoms with Crippen LogP contribution in [0.5, 0.6) is 0 Å². The third kappa shape index (κ3) is 3.53. The lowest BCUT2D eigenvalue weighted by Crippen LogP contribution is -2.44. The Balaban J connectivity index is 1.50. The molecule has 5 rings (SSSR count). The number of fused-ring (bicyclic) bond motifs is 5. The lowest BCUT2D eigenvalue weighted by atomic mass is 9.51. The number of hydrogen-bond acceptors (Lipinski definition) is 3. The smallest absolute Gasteiger partial charge is 0.178 e. The Morgan fingerprint density at radius 3 is 2.67 bits per heavy atom. The molecule has 2 unspecified atom stereocenters. The van der Waals surface area contributed by atoms with E-state index in [1.54, 1.807) is 13.2 Å². The van der Waals surface area contributed by atoms with Crippen LogP contribution in [0.15, 0.2) is 82.0 Å². The first kappa shape index (κ1) is 22.6. The molecule has 4 heteroatoms. The minimum Gasteiger partial charge on any atom is -0.500 e. The molecule has 33 heavy (non-hydrogen) atoms. The molecule has 1 aromatic carbocycles. The molecule has 0 aromatic heterocycles. The number of hydrogen-bond donors (Lipinski definition) is 0. The molecule has 174 valence electrons. The van der Waals surface area contributed by atoms with E-state index in [1.165, 1.54) is 16.7 Å². The van der Waals surface area contributed by atoms with Crippen LogP contribution in [0, 0.1) is 28.6 Å². The molecular formula is C29H34O3S. The van der Waals surface area contributed by atoms with Crippen molar-refractivity contribution in [3.63, 3.8) is 0 Å². The number of carbonyl (C=O) groups excluding carboxylic acids is 1. The summed E-state index contributed by atoms with van der Waals surface area (Å²) >= 11 is 0. The van der Waals surface area contributed by atoms with Crippen LogP contribution in [0.1, 0.15) is 46.5 Å². The maximum absolute atomic E-state index is 13.1. The lowest BCUT2D eigenvalue weighted by Gasteiger charge is -2.53. The number of carbonyl (C=O) groups is 1. The highest BCUT2D eigenvalue weighted by molar-refractivity contribution is 7.85. The van der Waals surface area contributed by atoms with Crippen molar-refractivity contribution in [1.82, 2.24) is 0 Å². The molecule has 0 radical (unpaired) electrons. The molecule has 4 aliphatic carbocycles. The highest BCUT2D eigenvalue weighted by atomic mass is 32.2. The molecule has 4 aliphatic rings. The van der Waals surface area contributed by atoms with Gasteiger partial charge in [0.1, 0.15) is 5.76 Å². The van der Waals surface area contributed by atoms with E-state index in [4.69, 9.17) is 4.74 Å². The molecule has 0 bridgehead atoms. The first-order valence-corrected chi connectivity index (χ1v) is 13.5. The van der Waals surface area contributed by atoms with Crippen molar-refractivity contribution in [3.8, 4) is 0 Å². The summed E-state index contributed by atoms with van der Waals surface area (Å²) in [6.45, 7) is 6.99. The van der Waals surface area contributed by atoms with Crippen molar-refractivity contribution in [3.05, 3.63) is 77.1 Å². The maximum Gasteiger partial charge on any atom is 0.178 e. The summed E-state index contributed by atoms with van der Waals surface area (Å²) in [6.07, 6.45) is 12.5. The van der Waals surface area contributed by atoms with Gasteiger partial charge >= 0.3 is 0 Å². The number of ketones is 1. The summed E-state index contributed by atoms with van der Waals surface area (Å²) in [6, 6.07) is 9.69. The monoisotopic (exact) mass is 462 g/mol. The fourth-order valence-electron chi connectivity index (χ4n) is 7.25. The molecule has 2 fully saturated rings.